The van der Waals surface area contributed by atoms with E-state index in [-0.39, 0.29) is 11.6 Å². The number of benzene rings is 2. The molecule has 1 unspecified atom stereocenters. The Bertz CT molecular complexity index is 886. The number of nitrogens with zero attached hydrogens (tertiary/aromatic N) is 1. The monoisotopic (exact) mass is 350 g/mol. The van der Waals surface area contributed by atoms with Gasteiger partial charge in [-0.05, 0) is 31.2 Å². The van der Waals surface area contributed by atoms with Crippen molar-refractivity contribution in [2.45, 2.75) is 13.0 Å². The molecule has 0 aromatic heterocycles. The summed E-state index contributed by atoms with van der Waals surface area (Å²) in [6.45, 7) is 1.59. The molecule has 1 N–H and O–H groups in total. The Labute approximate surface area is 141 Å². The summed E-state index contributed by atoms with van der Waals surface area (Å²) < 4.78 is 45.4. The predicted octanol–water partition coefficient (Wildman–Crippen LogP) is 3.10. The molecule has 1 atom stereocenters. The zero-order chi connectivity index (χ0) is 18.3. The van der Waals surface area contributed by atoms with Gasteiger partial charge in [-0.3, -0.25) is 9.59 Å². The van der Waals surface area contributed by atoms with Crippen LogP contribution in [-0.4, -0.2) is 25.0 Å². The Morgan fingerprint density at radius 1 is 1.16 bits per heavy atom. The minimum atomic E-state index is -1.71. The number of ether oxygens (including phenoxy) is 1. The molecule has 0 spiro atoms. The van der Waals surface area contributed by atoms with Crippen molar-refractivity contribution in [3.63, 3.8) is 0 Å². The minimum Gasteiger partial charge on any atom is -0.479 e. The number of anilines is 2. The fraction of sp³-hybridized carbons (Fsp3) is 0.176. The van der Waals surface area contributed by atoms with Gasteiger partial charge in [0.05, 0.1) is 11.3 Å². The molecule has 8 heteroatoms. The van der Waals surface area contributed by atoms with E-state index in [4.69, 9.17) is 4.74 Å². The van der Waals surface area contributed by atoms with E-state index in [2.05, 4.69) is 5.32 Å². The van der Waals surface area contributed by atoms with Crippen LogP contribution in [-0.2, 0) is 4.79 Å². The summed E-state index contributed by atoms with van der Waals surface area (Å²) in [6, 6.07) is 6.02. The molecule has 0 saturated heterocycles. The predicted molar refractivity (Wildman–Crippen MR) is 84.2 cm³/mol. The first kappa shape index (κ1) is 16.8. The highest BCUT2D eigenvalue weighted by Crippen LogP contribution is 2.35. The van der Waals surface area contributed by atoms with Gasteiger partial charge in [0.25, 0.3) is 11.8 Å². The molecule has 25 heavy (non-hydrogen) atoms. The van der Waals surface area contributed by atoms with Gasteiger partial charge < -0.3 is 15.0 Å². The van der Waals surface area contributed by atoms with Crippen molar-refractivity contribution in [2.75, 3.05) is 17.3 Å². The third kappa shape index (κ3) is 2.90. The quantitative estimate of drug-likeness (QED) is 0.847. The topological polar surface area (TPSA) is 58.6 Å². The van der Waals surface area contributed by atoms with Crippen LogP contribution in [0.25, 0.3) is 0 Å². The second kappa shape index (κ2) is 6.12. The number of fused-ring (bicyclic) bond motifs is 1. The average Bonchev–Trinajstić information content (AvgIpc) is 2.57. The number of nitrogens with one attached hydrogen (secondary N) is 1. The largest absolute Gasteiger partial charge is 0.479 e. The second-order valence-electron chi connectivity index (χ2n) is 5.52. The molecule has 130 valence electrons. The maximum Gasteiger partial charge on any atom is 0.267 e. The molecular weight excluding hydrogens is 337 g/mol. The van der Waals surface area contributed by atoms with Gasteiger partial charge in [0, 0.05) is 18.8 Å². The van der Waals surface area contributed by atoms with Crippen molar-refractivity contribution in [3.05, 3.63) is 53.3 Å². The fourth-order valence-corrected chi connectivity index (χ4v) is 2.50. The first-order chi connectivity index (χ1) is 11.8. The summed E-state index contributed by atoms with van der Waals surface area (Å²) in [6.07, 6.45) is -0.688. The Morgan fingerprint density at radius 3 is 2.60 bits per heavy atom. The van der Waals surface area contributed by atoms with Gasteiger partial charge >= 0.3 is 0 Å². The number of hydrogen-bond donors (Lipinski definition) is 1. The summed E-state index contributed by atoms with van der Waals surface area (Å²) in [5.41, 5.74) is 0.140. The van der Waals surface area contributed by atoms with Crippen LogP contribution in [0.4, 0.5) is 24.5 Å². The van der Waals surface area contributed by atoms with Gasteiger partial charge in [-0.25, -0.2) is 13.2 Å². The Balaban J connectivity index is 1.87. The van der Waals surface area contributed by atoms with Gasteiger partial charge in [0.1, 0.15) is 5.75 Å². The van der Waals surface area contributed by atoms with Crippen molar-refractivity contribution in [2.24, 2.45) is 0 Å². The first-order valence-corrected chi connectivity index (χ1v) is 7.32. The first-order valence-electron chi connectivity index (χ1n) is 7.32. The summed E-state index contributed by atoms with van der Waals surface area (Å²) >= 11 is 0. The van der Waals surface area contributed by atoms with E-state index in [0.717, 1.165) is 6.07 Å². The number of hydrogen-bond acceptors (Lipinski definition) is 3. The lowest BCUT2D eigenvalue weighted by atomic mass is 10.1. The van der Waals surface area contributed by atoms with Gasteiger partial charge in [-0.2, -0.15) is 0 Å². The third-order valence-corrected chi connectivity index (χ3v) is 3.84. The second-order valence-corrected chi connectivity index (χ2v) is 5.52. The number of rotatable bonds is 2. The molecule has 2 aromatic rings. The van der Waals surface area contributed by atoms with Crippen molar-refractivity contribution in [3.8, 4) is 5.75 Å². The lowest BCUT2D eigenvalue weighted by molar-refractivity contribution is -0.125. The highest BCUT2D eigenvalue weighted by atomic mass is 19.2. The van der Waals surface area contributed by atoms with E-state index in [0.29, 0.717) is 17.5 Å². The third-order valence-electron chi connectivity index (χ3n) is 3.84. The van der Waals surface area contributed by atoms with Crippen molar-refractivity contribution in [1.29, 1.82) is 0 Å². The maximum atomic E-state index is 13.7. The average molecular weight is 350 g/mol. The van der Waals surface area contributed by atoms with E-state index in [1.165, 1.54) is 17.0 Å². The fourth-order valence-electron chi connectivity index (χ4n) is 2.50. The summed E-state index contributed by atoms with van der Waals surface area (Å²) in [5, 5.41) is 2.39. The molecule has 0 saturated carbocycles. The molecule has 0 aliphatic carbocycles. The van der Waals surface area contributed by atoms with E-state index < -0.39 is 35.0 Å². The van der Waals surface area contributed by atoms with Crippen LogP contribution in [0.3, 0.4) is 0 Å². The van der Waals surface area contributed by atoms with Gasteiger partial charge in [0.15, 0.2) is 23.6 Å². The normalized spacial score (nSPS) is 16.3. The lowest BCUT2D eigenvalue weighted by Crippen LogP contribution is -2.41. The van der Waals surface area contributed by atoms with Crippen molar-refractivity contribution < 1.29 is 27.5 Å². The number of amides is 2. The number of carbonyl (C=O) groups is 2. The molecule has 0 bridgehead atoms. The molecule has 1 aliphatic rings. The molecule has 2 aromatic carbocycles. The molecule has 5 nitrogen and oxygen atoms in total. The zero-order valence-electron chi connectivity index (χ0n) is 13.3. The lowest BCUT2D eigenvalue weighted by Gasteiger charge is -2.30. The zero-order valence-corrected chi connectivity index (χ0v) is 13.3. The molecule has 0 radical (unpaired) electrons. The Kier molecular flexibility index (Phi) is 4.12. The number of likely N-dealkylation sites (N-methyl/N-ethyl adjacent to an activating group) is 1. The minimum absolute atomic E-state index is 0.215. The van der Waals surface area contributed by atoms with Crippen LogP contribution >= 0.6 is 0 Å². The van der Waals surface area contributed by atoms with E-state index in [1.807, 2.05) is 0 Å². The van der Waals surface area contributed by atoms with Crippen molar-refractivity contribution >= 4 is 23.2 Å². The van der Waals surface area contributed by atoms with Crippen LogP contribution in [0.1, 0.15) is 17.3 Å². The standard InChI is InChI=1S/C17H13F3N2O3/c1-8-17(24)22(2)12-6-3-9(7-13(12)25-8)21-16(23)10-4-5-11(18)15(20)14(10)19/h3-8H,1-2H3,(H,21,23). The van der Waals surface area contributed by atoms with Crippen LogP contribution in [0.2, 0.25) is 0 Å². The summed E-state index contributed by atoms with van der Waals surface area (Å²) in [4.78, 5) is 25.4. The smallest absolute Gasteiger partial charge is 0.267 e. The molecule has 2 amide bonds. The van der Waals surface area contributed by atoms with Crippen LogP contribution < -0.4 is 15.0 Å². The molecule has 1 heterocycles. The number of carbonyl (C=O) groups excluding carboxylic acids is 2. The van der Waals surface area contributed by atoms with Gasteiger partial charge in [-0.15, -0.1) is 0 Å². The van der Waals surface area contributed by atoms with E-state index >= 15 is 0 Å². The van der Waals surface area contributed by atoms with E-state index in [1.54, 1.807) is 20.0 Å². The Hall–Kier alpha value is -3.03. The SMILES string of the molecule is CC1Oc2cc(NC(=O)c3ccc(F)c(F)c3F)ccc2N(C)C1=O. The van der Waals surface area contributed by atoms with Gasteiger partial charge in [-0.1, -0.05) is 0 Å². The maximum absolute atomic E-state index is 13.7. The Morgan fingerprint density at radius 2 is 1.88 bits per heavy atom. The summed E-state index contributed by atoms with van der Waals surface area (Å²) in [7, 11) is 1.59. The van der Waals surface area contributed by atoms with Crippen LogP contribution in [0.5, 0.6) is 5.75 Å². The highest BCUT2D eigenvalue weighted by Gasteiger charge is 2.29. The molecule has 0 fully saturated rings. The summed E-state index contributed by atoms with van der Waals surface area (Å²) in [5.74, 6) is -5.45. The van der Waals surface area contributed by atoms with Gasteiger partial charge in [0.2, 0.25) is 0 Å². The highest BCUT2D eigenvalue weighted by molar-refractivity contribution is 6.05. The molecule has 3 rings (SSSR count). The molecule has 1 aliphatic heterocycles. The van der Waals surface area contributed by atoms with Crippen LogP contribution in [0, 0.1) is 17.5 Å². The van der Waals surface area contributed by atoms with Crippen molar-refractivity contribution in [1.82, 2.24) is 0 Å². The molecular formula is C17H13F3N2O3. The number of halogens is 3. The van der Waals surface area contributed by atoms with Crippen LogP contribution in [0.15, 0.2) is 30.3 Å². The van der Waals surface area contributed by atoms with E-state index in [9.17, 15) is 22.8 Å².